The van der Waals surface area contributed by atoms with Crippen molar-refractivity contribution in [3.8, 4) is 23.0 Å². The van der Waals surface area contributed by atoms with Crippen LogP contribution in [-0.4, -0.2) is 30.3 Å². The molecule has 0 aliphatic rings. The maximum absolute atomic E-state index is 11.1. The molecule has 3 aromatic rings. The lowest BCUT2D eigenvalue weighted by Gasteiger charge is -2.11. The number of carbonyl (C=O) groups is 1. The monoisotopic (exact) mass is 325 g/mol. The molecule has 0 aliphatic heterocycles. The number of carboxylic acids is 1. The first-order chi connectivity index (χ1) is 11.6. The summed E-state index contributed by atoms with van der Waals surface area (Å²) in [5.41, 5.74) is 0.815. The maximum Gasteiger partial charge on any atom is 0.339 e. The minimum Gasteiger partial charge on any atom is -0.497 e. The van der Waals surface area contributed by atoms with Crippen LogP contribution in [0.1, 0.15) is 10.4 Å². The molecule has 0 saturated heterocycles. The average Bonchev–Trinajstić information content (AvgIpc) is 2.61. The van der Waals surface area contributed by atoms with Crippen molar-refractivity contribution in [3.05, 3.63) is 54.2 Å². The van der Waals surface area contributed by atoms with Gasteiger partial charge in [0, 0.05) is 23.7 Å². The molecule has 0 radical (unpaired) electrons. The van der Waals surface area contributed by atoms with Crippen LogP contribution >= 0.6 is 0 Å². The molecule has 0 fully saturated rings. The zero-order valence-corrected chi connectivity index (χ0v) is 13.1. The second kappa shape index (κ2) is 6.45. The van der Waals surface area contributed by atoms with E-state index in [-0.39, 0.29) is 11.3 Å². The van der Waals surface area contributed by atoms with Crippen LogP contribution in [0.25, 0.3) is 10.9 Å². The third-order valence-corrected chi connectivity index (χ3v) is 3.54. The lowest BCUT2D eigenvalue weighted by atomic mass is 10.2. The van der Waals surface area contributed by atoms with Crippen molar-refractivity contribution in [2.75, 3.05) is 14.2 Å². The van der Waals surface area contributed by atoms with Gasteiger partial charge in [-0.1, -0.05) is 0 Å². The van der Waals surface area contributed by atoms with Crippen LogP contribution < -0.4 is 14.2 Å². The van der Waals surface area contributed by atoms with Crippen LogP contribution in [0.3, 0.4) is 0 Å². The predicted molar refractivity (Wildman–Crippen MR) is 88.3 cm³/mol. The lowest BCUT2D eigenvalue weighted by Crippen LogP contribution is -2.00. The maximum atomic E-state index is 11.1. The Morgan fingerprint density at radius 2 is 1.75 bits per heavy atom. The first-order valence-electron chi connectivity index (χ1n) is 7.14. The second-order valence-electron chi connectivity index (χ2n) is 4.96. The van der Waals surface area contributed by atoms with E-state index in [0.717, 1.165) is 10.9 Å². The highest BCUT2D eigenvalue weighted by Gasteiger charge is 2.13. The van der Waals surface area contributed by atoms with E-state index < -0.39 is 5.97 Å². The van der Waals surface area contributed by atoms with Crippen molar-refractivity contribution in [1.82, 2.24) is 4.98 Å². The molecule has 0 atom stereocenters. The van der Waals surface area contributed by atoms with Gasteiger partial charge in [-0.25, -0.2) is 4.79 Å². The fourth-order valence-electron chi connectivity index (χ4n) is 2.36. The van der Waals surface area contributed by atoms with Crippen LogP contribution in [0.2, 0.25) is 0 Å². The fourth-order valence-corrected chi connectivity index (χ4v) is 2.36. The third kappa shape index (κ3) is 2.94. The topological polar surface area (TPSA) is 77.9 Å². The van der Waals surface area contributed by atoms with Gasteiger partial charge >= 0.3 is 5.97 Å². The zero-order chi connectivity index (χ0) is 17.1. The molecule has 0 bridgehead atoms. The Kier molecular flexibility index (Phi) is 4.20. The van der Waals surface area contributed by atoms with Crippen molar-refractivity contribution in [2.24, 2.45) is 0 Å². The van der Waals surface area contributed by atoms with E-state index >= 15 is 0 Å². The van der Waals surface area contributed by atoms with Crippen LogP contribution in [0.4, 0.5) is 0 Å². The van der Waals surface area contributed by atoms with E-state index in [0.29, 0.717) is 17.2 Å². The Bertz CT molecular complexity index is 907. The Hall–Kier alpha value is -3.28. The van der Waals surface area contributed by atoms with Crippen molar-refractivity contribution < 1.29 is 24.1 Å². The largest absolute Gasteiger partial charge is 0.497 e. The number of nitrogens with zero attached hydrogens (tertiary/aromatic N) is 1. The van der Waals surface area contributed by atoms with Crippen molar-refractivity contribution >= 4 is 16.9 Å². The van der Waals surface area contributed by atoms with Gasteiger partial charge in [0.25, 0.3) is 0 Å². The molecule has 24 heavy (non-hydrogen) atoms. The minimum absolute atomic E-state index is 0.0779. The molecule has 122 valence electrons. The quantitative estimate of drug-likeness (QED) is 0.770. The number of hydrogen-bond donors (Lipinski definition) is 1. The number of rotatable bonds is 5. The summed E-state index contributed by atoms with van der Waals surface area (Å²) < 4.78 is 16.2. The molecular formula is C18H15NO5. The van der Waals surface area contributed by atoms with Gasteiger partial charge in [0.05, 0.1) is 19.7 Å². The van der Waals surface area contributed by atoms with Gasteiger partial charge in [-0.2, -0.15) is 0 Å². The predicted octanol–water partition coefficient (Wildman–Crippen LogP) is 3.74. The molecule has 2 aromatic carbocycles. The summed E-state index contributed by atoms with van der Waals surface area (Å²) in [6, 6.07) is 11.8. The van der Waals surface area contributed by atoms with Crippen LogP contribution in [0.5, 0.6) is 23.0 Å². The Morgan fingerprint density at radius 3 is 2.46 bits per heavy atom. The first-order valence-corrected chi connectivity index (χ1v) is 7.14. The van der Waals surface area contributed by atoms with E-state index in [1.54, 1.807) is 31.5 Å². The average molecular weight is 325 g/mol. The number of fused-ring (bicyclic) bond motifs is 1. The molecule has 3 rings (SSSR count). The number of carboxylic acid groups (broad SMARTS) is 1. The number of hydrogen-bond acceptors (Lipinski definition) is 5. The van der Waals surface area contributed by atoms with Crippen LogP contribution in [0.15, 0.2) is 48.7 Å². The van der Waals surface area contributed by atoms with Crippen LogP contribution in [-0.2, 0) is 0 Å². The molecule has 0 unspecified atom stereocenters. The van der Waals surface area contributed by atoms with Gasteiger partial charge in [-0.15, -0.1) is 0 Å². The molecular weight excluding hydrogens is 310 g/mol. The van der Waals surface area contributed by atoms with Gasteiger partial charge in [-0.3, -0.25) is 4.98 Å². The fraction of sp³-hybridized carbons (Fsp3) is 0.111. The smallest absolute Gasteiger partial charge is 0.339 e. The van der Waals surface area contributed by atoms with E-state index in [2.05, 4.69) is 4.98 Å². The van der Waals surface area contributed by atoms with E-state index in [1.807, 2.05) is 18.2 Å². The highest BCUT2D eigenvalue weighted by molar-refractivity contribution is 5.91. The Morgan fingerprint density at radius 1 is 0.958 bits per heavy atom. The molecule has 6 nitrogen and oxygen atoms in total. The summed E-state index contributed by atoms with van der Waals surface area (Å²) in [6.07, 6.45) is 1.64. The SMILES string of the molecule is COc1ccc2c(Oc3ccc(C(=O)O)c(OC)c3)ccnc2c1. The van der Waals surface area contributed by atoms with Gasteiger partial charge < -0.3 is 19.3 Å². The molecule has 0 spiro atoms. The number of aromatic nitrogens is 1. The van der Waals surface area contributed by atoms with Crippen molar-refractivity contribution in [2.45, 2.75) is 0 Å². The zero-order valence-electron chi connectivity index (χ0n) is 13.1. The van der Waals surface area contributed by atoms with Gasteiger partial charge in [0.15, 0.2) is 0 Å². The first kappa shape index (κ1) is 15.6. The summed E-state index contributed by atoms with van der Waals surface area (Å²) in [5, 5.41) is 9.95. The molecule has 0 saturated carbocycles. The summed E-state index contributed by atoms with van der Waals surface area (Å²) in [5.74, 6) is 0.965. The summed E-state index contributed by atoms with van der Waals surface area (Å²) in [6.45, 7) is 0. The molecule has 1 N–H and O–H groups in total. The number of aromatic carboxylic acids is 1. The second-order valence-corrected chi connectivity index (χ2v) is 4.96. The van der Waals surface area contributed by atoms with Gasteiger partial charge in [0.1, 0.15) is 28.6 Å². The van der Waals surface area contributed by atoms with Crippen molar-refractivity contribution in [3.63, 3.8) is 0 Å². The minimum atomic E-state index is -1.06. The summed E-state index contributed by atoms with van der Waals surface area (Å²) >= 11 is 0. The van der Waals surface area contributed by atoms with Crippen molar-refractivity contribution in [1.29, 1.82) is 0 Å². The molecule has 0 aliphatic carbocycles. The number of ether oxygens (including phenoxy) is 3. The molecule has 0 amide bonds. The molecule has 6 heteroatoms. The van der Waals surface area contributed by atoms with Crippen LogP contribution in [0, 0.1) is 0 Å². The molecule has 1 heterocycles. The Balaban J connectivity index is 1.99. The third-order valence-electron chi connectivity index (χ3n) is 3.54. The highest BCUT2D eigenvalue weighted by Crippen LogP contribution is 2.33. The standard InChI is InChI=1S/C18H15NO5/c1-22-11-3-5-13-15(9-11)19-8-7-16(13)24-12-4-6-14(18(20)21)17(10-12)23-2/h3-10H,1-2H3,(H,20,21). The van der Waals surface area contributed by atoms with E-state index in [9.17, 15) is 4.79 Å². The highest BCUT2D eigenvalue weighted by atomic mass is 16.5. The lowest BCUT2D eigenvalue weighted by molar-refractivity contribution is 0.0693. The van der Waals surface area contributed by atoms with Gasteiger partial charge in [0.2, 0.25) is 0 Å². The summed E-state index contributed by atoms with van der Waals surface area (Å²) in [7, 11) is 3.01. The molecule has 1 aromatic heterocycles. The number of benzene rings is 2. The Labute approximate surface area is 138 Å². The van der Waals surface area contributed by atoms with E-state index in [4.69, 9.17) is 19.3 Å². The normalized spacial score (nSPS) is 10.4. The number of pyridine rings is 1. The number of methoxy groups -OCH3 is 2. The summed E-state index contributed by atoms with van der Waals surface area (Å²) in [4.78, 5) is 15.4. The van der Waals surface area contributed by atoms with Gasteiger partial charge in [-0.05, 0) is 30.3 Å². The van der Waals surface area contributed by atoms with E-state index in [1.165, 1.54) is 13.2 Å².